The quantitative estimate of drug-likeness (QED) is 0.167. The number of ketones is 1. The van der Waals surface area contributed by atoms with Crippen molar-refractivity contribution in [2.24, 2.45) is 4.99 Å². The molecule has 0 N–H and O–H groups in total. The second-order valence-corrected chi connectivity index (χ2v) is 11.6. The zero-order chi connectivity index (χ0) is 31.3. The van der Waals surface area contributed by atoms with E-state index in [-0.39, 0.29) is 5.78 Å². The summed E-state index contributed by atoms with van der Waals surface area (Å²) in [6.45, 7) is 2.83. The van der Waals surface area contributed by atoms with Crippen LogP contribution in [0.25, 0.3) is 11.6 Å². The first kappa shape index (κ1) is 29.3. The van der Waals surface area contributed by atoms with Crippen LogP contribution in [0.2, 0.25) is 0 Å². The molecular weight excluding hydrogens is 566 g/mol. The molecule has 0 spiro atoms. The normalized spacial score (nSPS) is 15.1. The van der Waals surface area contributed by atoms with Crippen molar-refractivity contribution in [3.63, 3.8) is 0 Å². The maximum atomic E-state index is 13.5. The number of Topliss-reactive ketones (excluding diaryl/α,β-unsaturated/α-hetero) is 1. The lowest BCUT2D eigenvalue weighted by molar-refractivity contribution is 0.103. The third-order valence-electron chi connectivity index (χ3n) is 8.64. The van der Waals surface area contributed by atoms with Crippen LogP contribution in [-0.2, 0) is 6.54 Å². The number of oxazole rings is 1. The smallest absolute Gasteiger partial charge is 0.302 e. The Balaban J connectivity index is 1.31. The van der Waals surface area contributed by atoms with Crippen molar-refractivity contribution in [2.45, 2.75) is 45.6 Å². The minimum Gasteiger partial charge on any atom is -0.423 e. The summed E-state index contributed by atoms with van der Waals surface area (Å²) in [6.07, 6.45) is 13.2. The zero-order valence-electron chi connectivity index (χ0n) is 26.1. The standard InChI is InChI=1S/C41H37N3O2/c1-2-43-39(31-17-14-18-31)38(46-41(43)42-37-24-13-12-23-36(37)40(45)32-15-6-3-7-16-32)29-30-25-27-35(28-26-30)44(33-19-8-4-9-20-33)34-21-10-5-11-22-34/h4-6,8-13,15-16,19-29H,2-3,7,14,17-18H2,1H3/b38-29+,42-41-. The lowest BCUT2D eigenvalue weighted by Crippen LogP contribution is -2.36. The molecule has 0 aliphatic heterocycles. The van der Waals surface area contributed by atoms with Gasteiger partial charge in [0, 0.05) is 34.7 Å². The molecule has 0 radical (unpaired) electrons. The molecule has 0 atom stereocenters. The Morgan fingerprint density at radius 1 is 0.826 bits per heavy atom. The molecule has 0 saturated heterocycles. The van der Waals surface area contributed by atoms with Gasteiger partial charge in [0.25, 0.3) is 0 Å². The number of hydrogen-bond acceptors (Lipinski definition) is 4. The van der Waals surface area contributed by atoms with E-state index in [4.69, 9.17) is 9.41 Å². The second-order valence-electron chi connectivity index (χ2n) is 11.6. The van der Waals surface area contributed by atoms with Crippen molar-refractivity contribution in [1.29, 1.82) is 0 Å². The molecular formula is C41H37N3O2. The van der Waals surface area contributed by atoms with Crippen LogP contribution in [0.5, 0.6) is 0 Å². The fourth-order valence-corrected chi connectivity index (χ4v) is 6.14. The van der Waals surface area contributed by atoms with Gasteiger partial charge in [-0.05, 0) is 105 Å². The number of allylic oxidation sites excluding steroid dienone is 4. The molecule has 4 aromatic carbocycles. The predicted molar refractivity (Wildman–Crippen MR) is 186 cm³/mol. The number of nitrogens with zero attached hydrogens (tertiary/aromatic N) is 3. The van der Waals surface area contributed by atoms with Crippen LogP contribution in [0, 0.1) is 0 Å². The van der Waals surface area contributed by atoms with Gasteiger partial charge in [0.2, 0.25) is 0 Å². The highest BCUT2D eigenvalue weighted by Gasteiger charge is 2.18. The minimum atomic E-state index is -0.00887. The highest BCUT2D eigenvalue weighted by molar-refractivity contribution is 6.13. The van der Waals surface area contributed by atoms with Crippen molar-refractivity contribution in [3.05, 3.63) is 161 Å². The molecule has 1 fully saturated rings. The lowest BCUT2D eigenvalue weighted by Gasteiger charge is -2.25. The number of anilines is 3. The fourth-order valence-electron chi connectivity index (χ4n) is 6.14. The van der Waals surface area contributed by atoms with E-state index in [1.54, 1.807) is 0 Å². The van der Waals surface area contributed by atoms with E-state index in [1.807, 2.05) is 48.6 Å². The van der Waals surface area contributed by atoms with Gasteiger partial charge >= 0.3 is 5.68 Å². The third kappa shape index (κ3) is 5.96. The van der Waals surface area contributed by atoms with Gasteiger partial charge < -0.3 is 9.32 Å². The molecule has 0 unspecified atom stereocenters. The number of carbonyl (C=O) groups is 1. The maximum absolute atomic E-state index is 13.5. The van der Waals surface area contributed by atoms with Gasteiger partial charge in [0.15, 0.2) is 11.2 Å². The largest absolute Gasteiger partial charge is 0.423 e. The van der Waals surface area contributed by atoms with Crippen LogP contribution in [0.1, 0.15) is 54.9 Å². The van der Waals surface area contributed by atoms with Gasteiger partial charge in [-0.15, -0.1) is 0 Å². The topological polar surface area (TPSA) is 50.7 Å². The fraction of sp³-hybridized carbons (Fsp3) is 0.171. The summed E-state index contributed by atoms with van der Waals surface area (Å²) in [7, 11) is 0. The molecule has 5 heteroatoms. The minimum absolute atomic E-state index is 0.00887. The predicted octanol–water partition coefficient (Wildman–Crippen LogP) is 8.43. The molecule has 0 amide bonds. The van der Waals surface area contributed by atoms with Crippen molar-refractivity contribution in [3.8, 4) is 0 Å². The molecule has 2 aliphatic rings. The number of aromatic nitrogens is 1. The van der Waals surface area contributed by atoms with Crippen LogP contribution in [0.3, 0.4) is 0 Å². The second kappa shape index (κ2) is 13.3. The van der Waals surface area contributed by atoms with Crippen LogP contribution in [-0.4, -0.2) is 10.4 Å². The summed E-state index contributed by atoms with van der Waals surface area (Å²) < 4.78 is 8.72. The average molecular weight is 604 g/mol. The Bertz CT molecular complexity index is 2070. The highest BCUT2D eigenvalue weighted by Crippen LogP contribution is 2.34. The Morgan fingerprint density at radius 2 is 1.48 bits per heavy atom. The molecule has 1 aromatic heterocycles. The van der Waals surface area contributed by atoms with Gasteiger partial charge in [0.1, 0.15) is 0 Å². The van der Waals surface area contributed by atoms with Gasteiger partial charge in [-0.3, -0.25) is 9.36 Å². The van der Waals surface area contributed by atoms with Crippen molar-refractivity contribution >= 4 is 40.2 Å². The summed E-state index contributed by atoms with van der Waals surface area (Å²) >= 11 is 0. The van der Waals surface area contributed by atoms with Crippen LogP contribution in [0.4, 0.5) is 22.7 Å². The molecule has 46 heavy (non-hydrogen) atoms. The summed E-state index contributed by atoms with van der Waals surface area (Å²) in [4.78, 5) is 20.7. The number of benzene rings is 4. The third-order valence-corrected chi connectivity index (χ3v) is 8.64. The molecule has 1 saturated carbocycles. The Morgan fingerprint density at radius 3 is 2.09 bits per heavy atom. The van der Waals surface area contributed by atoms with E-state index in [1.165, 1.54) is 12.0 Å². The van der Waals surface area contributed by atoms with Crippen molar-refractivity contribution < 1.29 is 9.21 Å². The first-order chi connectivity index (χ1) is 22.7. The summed E-state index contributed by atoms with van der Waals surface area (Å²) in [5, 5.41) is 1.11. The van der Waals surface area contributed by atoms with Crippen molar-refractivity contribution in [1.82, 2.24) is 4.57 Å². The van der Waals surface area contributed by atoms with Crippen LogP contribution >= 0.6 is 0 Å². The Hall–Kier alpha value is -5.42. The first-order valence-electron chi connectivity index (χ1n) is 16.2. The molecule has 2 aliphatic carbocycles. The van der Waals surface area contributed by atoms with E-state index >= 15 is 0 Å². The van der Waals surface area contributed by atoms with Gasteiger partial charge in [-0.2, -0.15) is 4.99 Å². The van der Waals surface area contributed by atoms with E-state index in [0.29, 0.717) is 23.5 Å². The number of carbonyl (C=O) groups excluding carboxylic acids is 1. The van der Waals surface area contributed by atoms with E-state index in [9.17, 15) is 4.79 Å². The van der Waals surface area contributed by atoms with E-state index in [0.717, 1.165) is 64.6 Å². The molecule has 0 bridgehead atoms. The van der Waals surface area contributed by atoms with E-state index in [2.05, 4.69) is 101 Å². The van der Waals surface area contributed by atoms with Gasteiger partial charge in [-0.1, -0.05) is 78.9 Å². The van der Waals surface area contributed by atoms with E-state index < -0.39 is 0 Å². The molecule has 5 aromatic rings. The Kier molecular flexibility index (Phi) is 8.46. The average Bonchev–Trinajstić information content (AvgIpc) is 3.41. The summed E-state index contributed by atoms with van der Waals surface area (Å²) in [5.74, 6) is -0.00887. The van der Waals surface area contributed by atoms with Crippen LogP contribution in [0.15, 0.2) is 142 Å². The van der Waals surface area contributed by atoms with Crippen LogP contribution < -0.4 is 21.3 Å². The highest BCUT2D eigenvalue weighted by atomic mass is 16.3. The molecule has 5 nitrogen and oxygen atoms in total. The molecule has 7 rings (SSSR count). The zero-order valence-corrected chi connectivity index (χ0v) is 26.1. The summed E-state index contributed by atoms with van der Waals surface area (Å²) in [5.41, 5.74) is 8.93. The number of rotatable bonds is 8. The van der Waals surface area contributed by atoms with Gasteiger partial charge in [-0.25, -0.2) is 0 Å². The number of hydrogen-bond donors (Lipinski definition) is 0. The summed E-state index contributed by atoms with van der Waals surface area (Å²) in [6, 6.07) is 37.0. The first-order valence-corrected chi connectivity index (χ1v) is 16.2. The Labute approximate surface area is 269 Å². The monoisotopic (exact) mass is 603 g/mol. The molecule has 1 heterocycles. The number of para-hydroxylation sites is 3. The maximum Gasteiger partial charge on any atom is 0.302 e. The van der Waals surface area contributed by atoms with Gasteiger partial charge in [0.05, 0.1) is 11.0 Å². The van der Waals surface area contributed by atoms with Crippen molar-refractivity contribution in [2.75, 3.05) is 4.90 Å². The molecule has 228 valence electrons. The SMILES string of the molecule is CCn1c(=C2CCC2)/c(=C\c2ccc(N(c3ccccc3)c3ccccc3)cc2)o/c1=N\c1ccccc1C(=O)C1=CCCC=C1. The lowest BCUT2D eigenvalue weighted by atomic mass is 9.92.